The van der Waals surface area contributed by atoms with Crippen LogP contribution in [0.1, 0.15) is 13.3 Å². The minimum absolute atomic E-state index is 0. The molecule has 1 aliphatic rings. The van der Waals surface area contributed by atoms with E-state index in [4.69, 9.17) is 0 Å². The molecule has 1 heterocycles. The van der Waals surface area contributed by atoms with E-state index in [-0.39, 0.29) is 31.3 Å². The van der Waals surface area contributed by atoms with Crippen LogP contribution in [0.4, 0.5) is 4.39 Å². The van der Waals surface area contributed by atoms with Crippen LogP contribution in [0.15, 0.2) is 0 Å². The van der Waals surface area contributed by atoms with E-state index in [2.05, 4.69) is 15.4 Å². The van der Waals surface area contributed by atoms with E-state index in [9.17, 15) is 14.0 Å². The number of hydrogen-bond donors (Lipinski definition) is 2. The molecule has 1 saturated heterocycles. The van der Waals surface area contributed by atoms with E-state index in [1.165, 1.54) is 14.0 Å². The van der Waals surface area contributed by atoms with Crippen molar-refractivity contribution in [2.75, 3.05) is 13.7 Å². The largest absolute Gasteiger partial charge is 0.467 e. The predicted molar refractivity (Wildman–Crippen MR) is 58.2 cm³/mol. The first-order chi connectivity index (χ1) is 7.04. The van der Waals surface area contributed by atoms with Crippen molar-refractivity contribution in [3.05, 3.63) is 0 Å². The van der Waals surface area contributed by atoms with Crippen molar-refractivity contribution >= 4 is 24.3 Å². The molecule has 16 heavy (non-hydrogen) atoms. The molecule has 7 heteroatoms. The van der Waals surface area contributed by atoms with Gasteiger partial charge in [0, 0.05) is 13.0 Å². The summed E-state index contributed by atoms with van der Waals surface area (Å²) >= 11 is 0. The highest BCUT2D eigenvalue weighted by Gasteiger charge is 2.30. The Morgan fingerprint density at radius 2 is 2.19 bits per heavy atom. The van der Waals surface area contributed by atoms with E-state index in [1.807, 2.05) is 0 Å². The fourth-order valence-electron chi connectivity index (χ4n) is 1.44. The van der Waals surface area contributed by atoms with Gasteiger partial charge >= 0.3 is 5.97 Å². The second-order valence-corrected chi connectivity index (χ2v) is 3.55. The first kappa shape index (κ1) is 15.1. The van der Waals surface area contributed by atoms with E-state index < -0.39 is 24.2 Å². The number of amides is 1. The minimum Gasteiger partial charge on any atom is -0.467 e. The summed E-state index contributed by atoms with van der Waals surface area (Å²) in [6.45, 7) is 1.70. The molecule has 1 amide bonds. The first-order valence-electron chi connectivity index (χ1n) is 4.80. The van der Waals surface area contributed by atoms with Crippen molar-refractivity contribution in [2.45, 2.75) is 31.6 Å². The molecule has 0 spiro atoms. The monoisotopic (exact) mass is 254 g/mol. The average molecular weight is 255 g/mol. The molecular weight excluding hydrogens is 239 g/mol. The molecule has 0 aromatic rings. The average Bonchev–Trinajstić information content (AvgIpc) is 2.63. The lowest BCUT2D eigenvalue weighted by Gasteiger charge is -2.15. The summed E-state index contributed by atoms with van der Waals surface area (Å²) in [7, 11) is 1.25. The van der Waals surface area contributed by atoms with Gasteiger partial charge in [-0.25, -0.2) is 9.18 Å². The molecule has 0 radical (unpaired) electrons. The molecule has 0 unspecified atom stereocenters. The van der Waals surface area contributed by atoms with E-state index in [0.29, 0.717) is 0 Å². The molecule has 3 atom stereocenters. The molecule has 94 valence electrons. The Balaban J connectivity index is 0.00000225. The number of rotatable bonds is 3. The number of carbonyl (C=O) groups excluding carboxylic acids is 2. The molecule has 0 aliphatic carbocycles. The second-order valence-electron chi connectivity index (χ2n) is 3.55. The summed E-state index contributed by atoms with van der Waals surface area (Å²) in [5, 5.41) is 5.18. The lowest BCUT2D eigenvalue weighted by Crippen LogP contribution is -2.47. The van der Waals surface area contributed by atoms with E-state index in [0.717, 1.165) is 0 Å². The third kappa shape index (κ3) is 3.94. The maximum absolute atomic E-state index is 12.8. The molecule has 5 nitrogen and oxygen atoms in total. The van der Waals surface area contributed by atoms with Crippen LogP contribution in [0.25, 0.3) is 0 Å². The Morgan fingerprint density at radius 3 is 2.62 bits per heavy atom. The van der Waals surface area contributed by atoms with Crippen LogP contribution in [0.3, 0.4) is 0 Å². The SMILES string of the molecule is COC(=O)[C@@H](C)NC(=O)[C@H]1C[C@H](F)CN1.Cl. The van der Waals surface area contributed by atoms with Gasteiger partial charge in [-0.05, 0) is 6.92 Å². The Kier molecular flexibility index (Phi) is 6.28. The Hall–Kier alpha value is -0.880. The number of carbonyl (C=O) groups is 2. The van der Waals surface area contributed by atoms with Crippen molar-refractivity contribution in [3.63, 3.8) is 0 Å². The normalized spacial score (nSPS) is 25.4. The van der Waals surface area contributed by atoms with Crippen LogP contribution in [0.5, 0.6) is 0 Å². The van der Waals surface area contributed by atoms with Gasteiger partial charge in [-0.15, -0.1) is 12.4 Å². The van der Waals surface area contributed by atoms with Crippen LogP contribution in [-0.4, -0.2) is 43.8 Å². The highest BCUT2D eigenvalue weighted by atomic mass is 35.5. The van der Waals surface area contributed by atoms with E-state index >= 15 is 0 Å². The molecule has 1 rings (SSSR count). The van der Waals surface area contributed by atoms with Gasteiger partial charge < -0.3 is 15.4 Å². The number of nitrogens with one attached hydrogen (secondary N) is 2. The van der Waals surface area contributed by atoms with Crippen LogP contribution >= 0.6 is 12.4 Å². The number of esters is 1. The topological polar surface area (TPSA) is 67.4 Å². The molecule has 2 N–H and O–H groups in total. The quantitative estimate of drug-likeness (QED) is 0.684. The highest BCUT2D eigenvalue weighted by Crippen LogP contribution is 2.09. The summed E-state index contributed by atoms with van der Waals surface area (Å²) in [5.41, 5.74) is 0. The Morgan fingerprint density at radius 1 is 1.56 bits per heavy atom. The standard InChI is InChI=1S/C9H15FN2O3.ClH/c1-5(9(14)15-2)12-8(13)7-3-6(10)4-11-7;/h5-7,11H,3-4H2,1-2H3,(H,12,13);1H/t5-,6+,7-;/m1./s1. The molecule has 1 aliphatic heterocycles. The third-order valence-corrected chi connectivity index (χ3v) is 2.31. The first-order valence-corrected chi connectivity index (χ1v) is 4.80. The minimum atomic E-state index is -0.991. The van der Waals surface area contributed by atoms with Crippen molar-refractivity contribution in [3.8, 4) is 0 Å². The molecule has 0 bridgehead atoms. The van der Waals surface area contributed by atoms with Crippen molar-refractivity contribution in [2.24, 2.45) is 0 Å². The van der Waals surface area contributed by atoms with Crippen LogP contribution in [0, 0.1) is 0 Å². The highest BCUT2D eigenvalue weighted by molar-refractivity contribution is 5.87. The summed E-state index contributed by atoms with van der Waals surface area (Å²) < 4.78 is 17.2. The lowest BCUT2D eigenvalue weighted by atomic mass is 10.2. The number of halogens is 2. The molecule has 0 aromatic heterocycles. The smallest absolute Gasteiger partial charge is 0.328 e. The number of methoxy groups -OCH3 is 1. The fourth-order valence-corrected chi connectivity index (χ4v) is 1.44. The molecule has 0 aromatic carbocycles. The maximum Gasteiger partial charge on any atom is 0.328 e. The zero-order valence-electron chi connectivity index (χ0n) is 9.16. The molecular formula is C9H16ClFN2O3. The summed E-state index contributed by atoms with van der Waals surface area (Å²) in [6.07, 6.45) is -0.839. The second kappa shape index (κ2) is 6.65. The van der Waals surface area contributed by atoms with Gasteiger partial charge in [-0.1, -0.05) is 0 Å². The van der Waals surface area contributed by atoms with Gasteiger partial charge in [-0.3, -0.25) is 4.79 Å². The Labute approximate surface area is 99.5 Å². The number of alkyl halides is 1. The maximum atomic E-state index is 12.8. The number of ether oxygens (including phenoxy) is 1. The van der Waals surface area contributed by atoms with Gasteiger partial charge in [0.1, 0.15) is 12.2 Å². The van der Waals surface area contributed by atoms with Crippen molar-refractivity contribution in [1.29, 1.82) is 0 Å². The lowest BCUT2D eigenvalue weighted by molar-refractivity contribution is -0.144. The van der Waals surface area contributed by atoms with E-state index in [1.54, 1.807) is 0 Å². The van der Waals surface area contributed by atoms with Crippen molar-refractivity contribution in [1.82, 2.24) is 10.6 Å². The van der Waals surface area contributed by atoms with Crippen LogP contribution < -0.4 is 10.6 Å². The fraction of sp³-hybridized carbons (Fsp3) is 0.778. The van der Waals surface area contributed by atoms with Gasteiger partial charge in [0.05, 0.1) is 13.2 Å². The summed E-state index contributed by atoms with van der Waals surface area (Å²) in [4.78, 5) is 22.5. The van der Waals surface area contributed by atoms with Crippen LogP contribution in [0.2, 0.25) is 0 Å². The molecule has 0 saturated carbocycles. The van der Waals surface area contributed by atoms with Crippen LogP contribution in [-0.2, 0) is 14.3 Å². The molecule has 1 fully saturated rings. The third-order valence-electron chi connectivity index (χ3n) is 2.31. The van der Waals surface area contributed by atoms with Gasteiger partial charge in [0.15, 0.2) is 0 Å². The summed E-state index contributed by atoms with van der Waals surface area (Å²) in [5.74, 6) is -0.883. The predicted octanol–water partition coefficient (Wildman–Crippen LogP) is -0.214. The van der Waals surface area contributed by atoms with Crippen molar-refractivity contribution < 1.29 is 18.7 Å². The Bertz CT molecular complexity index is 265. The van der Waals surface area contributed by atoms with Gasteiger partial charge in [-0.2, -0.15) is 0 Å². The van der Waals surface area contributed by atoms with Gasteiger partial charge in [0.25, 0.3) is 0 Å². The summed E-state index contributed by atoms with van der Waals surface area (Å²) in [6, 6.07) is -1.25. The zero-order chi connectivity index (χ0) is 11.4. The van der Waals surface area contributed by atoms with Gasteiger partial charge in [0.2, 0.25) is 5.91 Å². The number of hydrogen-bond acceptors (Lipinski definition) is 4. The zero-order valence-corrected chi connectivity index (χ0v) is 9.97.